The van der Waals surface area contributed by atoms with Crippen molar-refractivity contribution in [2.75, 3.05) is 24.9 Å². The number of sulfonamides is 1. The van der Waals surface area contributed by atoms with E-state index in [-0.39, 0.29) is 22.2 Å². The Bertz CT molecular complexity index is 954. The lowest BCUT2D eigenvalue weighted by molar-refractivity contribution is 0.0762. The highest BCUT2D eigenvalue weighted by molar-refractivity contribution is 7.92. The van der Waals surface area contributed by atoms with Gasteiger partial charge in [0.05, 0.1) is 23.3 Å². The summed E-state index contributed by atoms with van der Waals surface area (Å²) in [5.41, 5.74) is 0.488. The molecule has 2 aromatic carbocycles. The van der Waals surface area contributed by atoms with Crippen molar-refractivity contribution in [2.24, 2.45) is 0 Å². The largest absolute Gasteiger partial charge is 0.494 e. The van der Waals surface area contributed by atoms with E-state index in [1.165, 1.54) is 7.11 Å². The number of amides is 1. The van der Waals surface area contributed by atoms with Crippen molar-refractivity contribution >= 4 is 21.6 Å². The van der Waals surface area contributed by atoms with E-state index in [1.807, 2.05) is 0 Å². The van der Waals surface area contributed by atoms with Crippen LogP contribution in [-0.4, -0.2) is 39.4 Å². The van der Waals surface area contributed by atoms with Gasteiger partial charge in [0.2, 0.25) is 0 Å². The number of hydrogen-bond acceptors (Lipinski definition) is 4. The Kier molecular flexibility index (Phi) is 6.18. The first kappa shape index (κ1) is 20.1. The van der Waals surface area contributed by atoms with Gasteiger partial charge in [0, 0.05) is 19.2 Å². The Balaban J connectivity index is 1.89. The molecule has 2 aromatic rings. The Morgan fingerprint density at radius 2 is 1.75 bits per heavy atom. The van der Waals surface area contributed by atoms with Gasteiger partial charge >= 0.3 is 0 Å². The molecule has 0 spiro atoms. The molecule has 8 heteroatoms. The molecule has 1 aliphatic rings. The fourth-order valence-corrected chi connectivity index (χ4v) is 4.31. The maximum absolute atomic E-state index is 13.6. The number of ether oxygens (including phenoxy) is 1. The quantitative estimate of drug-likeness (QED) is 0.822. The van der Waals surface area contributed by atoms with Crippen LogP contribution in [0.25, 0.3) is 0 Å². The molecule has 0 aliphatic carbocycles. The number of nitrogens with zero attached hydrogens (tertiary/aromatic N) is 1. The number of likely N-dealkylation sites (tertiary alicyclic amines) is 1. The number of rotatable bonds is 5. The molecule has 0 saturated carbocycles. The summed E-state index contributed by atoms with van der Waals surface area (Å²) in [7, 11) is -2.76. The molecule has 1 aliphatic heterocycles. The zero-order valence-corrected chi connectivity index (χ0v) is 16.5. The number of carbonyl (C=O) groups is 1. The van der Waals surface area contributed by atoms with Crippen LogP contribution in [0.15, 0.2) is 47.4 Å². The molecular weight excluding hydrogens is 383 g/mol. The standard InChI is InChI=1S/C20H23FN2O4S/c1-27-19-14-15(10-11-17(19)21)28(25,26)22-18-9-5-4-8-16(18)20(24)23-12-6-2-3-7-13-23/h4-5,8-11,14,22H,2-3,6-7,12-13H2,1H3. The van der Waals surface area contributed by atoms with Crippen molar-refractivity contribution < 1.29 is 22.3 Å². The number of methoxy groups -OCH3 is 1. The van der Waals surface area contributed by atoms with E-state index in [0.29, 0.717) is 18.7 Å². The van der Waals surface area contributed by atoms with Crippen LogP contribution < -0.4 is 9.46 Å². The van der Waals surface area contributed by atoms with Crippen molar-refractivity contribution in [1.29, 1.82) is 0 Å². The Morgan fingerprint density at radius 1 is 1.07 bits per heavy atom. The van der Waals surface area contributed by atoms with E-state index in [0.717, 1.165) is 43.9 Å². The minimum Gasteiger partial charge on any atom is -0.494 e. The predicted molar refractivity (Wildman–Crippen MR) is 105 cm³/mol. The van der Waals surface area contributed by atoms with Crippen LogP contribution in [0.3, 0.4) is 0 Å². The minimum absolute atomic E-state index is 0.150. The summed E-state index contributed by atoms with van der Waals surface area (Å²) in [5, 5.41) is 0. The van der Waals surface area contributed by atoms with E-state index >= 15 is 0 Å². The first-order valence-corrected chi connectivity index (χ1v) is 10.7. The van der Waals surface area contributed by atoms with Crippen molar-refractivity contribution in [3.63, 3.8) is 0 Å². The zero-order chi connectivity index (χ0) is 20.1. The summed E-state index contributed by atoms with van der Waals surface area (Å²) in [6, 6.07) is 9.80. The van der Waals surface area contributed by atoms with Crippen LogP contribution in [-0.2, 0) is 10.0 Å². The molecule has 0 radical (unpaired) electrons. The zero-order valence-electron chi connectivity index (χ0n) is 15.7. The topological polar surface area (TPSA) is 75.7 Å². The monoisotopic (exact) mass is 406 g/mol. The molecule has 28 heavy (non-hydrogen) atoms. The minimum atomic E-state index is -4.02. The van der Waals surface area contributed by atoms with Gasteiger partial charge in [-0.25, -0.2) is 12.8 Å². The van der Waals surface area contributed by atoms with Crippen LogP contribution >= 0.6 is 0 Å². The lowest BCUT2D eigenvalue weighted by Gasteiger charge is -2.22. The van der Waals surface area contributed by atoms with E-state index in [9.17, 15) is 17.6 Å². The molecule has 1 amide bonds. The second-order valence-electron chi connectivity index (χ2n) is 6.65. The molecule has 1 saturated heterocycles. The summed E-state index contributed by atoms with van der Waals surface area (Å²) in [5.74, 6) is -1.02. The molecule has 1 fully saturated rings. The van der Waals surface area contributed by atoms with E-state index in [1.54, 1.807) is 29.2 Å². The average molecular weight is 406 g/mol. The second kappa shape index (κ2) is 8.60. The van der Waals surface area contributed by atoms with Crippen molar-refractivity contribution in [3.8, 4) is 5.75 Å². The van der Waals surface area contributed by atoms with Crippen molar-refractivity contribution in [2.45, 2.75) is 30.6 Å². The van der Waals surface area contributed by atoms with Gasteiger partial charge in [-0.1, -0.05) is 25.0 Å². The number of benzene rings is 2. The highest BCUT2D eigenvalue weighted by Crippen LogP contribution is 2.26. The van der Waals surface area contributed by atoms with Crippen LogP contribution in [0, 0.1) is 5.82 Å². The predicted octanol–water partition coefficient (Wildman–Crippen LogP) is 3.65. The number of hydrogen-bond donors (Lipinski definition) is 1. The van der Waals surface area contributed by atoms with Crippen LogP contribution in [0.5, 0.6) is 5.75 Å². The molecule has 0 unspecified atom stereocenters. The number of anilines is 1. The summed E-state index contributed by atoms with van der Waals surface area (Å²) in [4.78, 5) is 14.6. The number of carbonyl (C=O) groups excluding carboxylic acids is 1. The second-order valence-corrected chi connectivity index (χ2v) is 8.34. The maximum atomic E-state index is 13.6. The first-order valence-electron chi connectivity index (χ1n) is 9.17. The highest BCUT2D eigenvalue weighted by Gasteiger charge is 2.23. The van der Waals surface area contributed by atoms with Crippen molar-refractivity contribution in [3.05, 3.63) is 53.8 Å². The SMILES string of the molecule is COc1cc(S(=O)(=O)Nc2ccccc2C(=O)N2CCCCCC2)ccc1F. The third-order valence-corrected chi connectivity index (χ3v) is 6.09. The average Bonchev–Trinajstić information content (AvgIpc) is 2.97. The van der Waals surface area contributed by atoms with E-state index in [2.05, 4.69) is 4.72 Å². The summed E-state index contributed by atoms with van der Waals surface area (Å²) in [6.45, 7) is 1.32. The molecule has 150 valence electrons. The highest BCUT2D eigenvalue weighted by atomic mass is 32.2. The summed E-state index contributed by atoms with van der Waals surface area (Å²) >= 11 is 0. The number of para-hydroxylation sites is 1. The van der Waals surface area contributed by atoms with Gasteiger partial charge in [0.15, 0.2) is 11.6 Å². The van der Waals surface area contributed by atoms with Crippen LogP contribution in [0.1, 0.15) is 36.0 Å². The molecule has 0 aromatic heterocycles. The maximum Gasteiger partial charge on any atom is 0.262 e. The van der Waals surface area contributed by atoms with Crippen LogP contribution in [0.2, 0.25) is 0 Å². The molecule has 1 N–H and O–H groups in total. The summed E-state index contributed by atoms with van der Waals surface area (Å²) in [6.07, 6.45) is 4.05. The van der Waals surface area contributed by atoms with Gasteiger partial charge in [0.1, 0.15) is 0 Å². The molecule has 1 heterocycles. The van der Waals surface area contributed by atoms with Gasteiger partial charge in [0.25, 0.3) is 15.9 Å². The lowest BCUT2D eigenvalue weighted by atomic mass is 10.1. The fourth-order valence-electron chi connectivity index (χ4n) is 3.21. The number of nitrogens with one attached hydrogen (secondary N) is 1. The smallest absolute Gasteiger partial charge is 0.262 e. The van der Waals surface area contributed by atoms with Gasteiger partial charge in [-0.15, -0.1) is 0 Å². The van der Waals surface area contributed by atoms with Gasteiger partial charge in [-0.2, -0.15) is 0 Å². The van der Waals surface area contributed by atoms with Crippen LogP contribution in [0.4, 0.5) is 10.1 Å². The van der Waals surface area contributed by atoms with Gasteiger partial charge in [-0.05, 0) is 37.1 Å². The molecule has 0 atom stereocenters. The molecule has 0 bridgehead atoms. The first-order chi connectivity index (χ1) is 13.4. The Labute approximate surface area is 164 Å². The lowest BCUT2D eigenvalue weighted by Crippen LogP contribution is -2.32. The normalized spacial score (nSPS) is 15.0. The molecule has 6 nitrogen and oxygen atoms in total. The van der Waals surface area contributed by atoms with E-state index < -0.39 is 15.8 Å². The molecular formula is C20H23FN2O4S. The van der Waals surface area contributed by atoms with Gasteiger partial charge in [-0.3, -0.25) is 9.52 Å². The number of halogens is 1. The van der Waals surface area contributed by atoms with E-state index in [4.69, 9.17) is 4.74 Å². The fraction of sp³-hybridized carbons (Fsp3) is 0.350. The third kappa shape index (κ3) is 4.44. The third-order valence-electron chi connectivity index (χ3n) is 4.73. The summed E-state index contributed by atoms with van der Waals surface area (Å²) < 4.78 is 46.5. The Morgan fingerprint density at radius 3 is 2.43 bits per heavy atom. The molecule has 3 rings (SSSR count). The Hall–Kier alpha value is -2.61. The van der Waals surface area contributed by atoms with Gasteiger partial charge < -0.3 is 9.64 Å². The van der Waals surface area contributed by atoms with Crippen molar-refractivity contribution in [1.82, 2.24) is 4.90 Å².